The summed E-state index contributed by atoms with van der Waals surface area (Å²) in [6.07, 6.45) is 0. The van der Waals surface area contributed by atoms with Crippen molar-refractivity contribution in [3.8, 4) is 0 Å². The molecular formula is C6H3ClFNS. The molecule has 1 nitrogen and oxygen atoms in total. The van der Waals surface area contributed by atoms with Gasteiger partial charge >= 0.3 is 0 Å². The molecule has 0 saturated carbocycles. The van der Waals surface area contributed by atoms with Crippen LogP contribution in [0.25, 0.3) is 0 Å². The first-order valence-electron chi connectivity index (χ1n) is 2.52. The van der Waals surface area contributed by atoms with Crippen LogP contribution >= 0.6 is 11.6 Å². The van der Waals surface area contributed by atoms with Crippen molar-refractivity contribution in [1.82, 2.24) is 0 Å². The van der Waals surface area contributed by atoms with Crippen LogP contribution in [-0.2, 0) is 12.4 Å². The molecule has 4 heteroatoms. The van der Waals surface area contributed by atoms with Gasteiger partial charge in [-0.1, -0.05) is 11.6 Å². The zero-order valence-corrected chi connectivity index (χ0v) is 6.42. The van der Waals surface area contributed by atoms with E-state index in [1.54, 1.807) is 0 Å². The van der Waals surface area contributed by atoms with Crippen LogP contribution in [0.15, 0.2) is 22.6 Å². The molecule has 0 spiro atoms. The molecular weight excluding hydrogens is 173 g/mol. The van der Waals surface area contributed by atoms with Crippen LogP contribution in [0.5, 0.6) is 0 Å². The fourth-order valence-corrected chi connectivity index (χ4v) is 0.913. The Bertz CT molecular complexity index is 244. The molecule has 10 heavy (non-hydrogen) atoms. The van der Waals surface area contributed by atoms with Gasteiger partial charge in [-0.3, -0.25) is 0 Å². The van der Waals surface area contributed by atoms with Crippen LogP contribution in [0.1, 0.15) is 0 Å². The van der Waals surface area contributed by atoms with E-state index in [0.29, 0.717) is 10.7 Å². The molecule has 0 fully saturated rings. The molecule has 52 valence electrons. The van der Waals surface area contributed by atoms with Crippen molar-refractivity contribution in [3.05, 3.63) is 29.0 Å². The van der Waals surface area contributed by atoms with E-state index in [1.807, 2.05) is 0 Å². The van der Waals surface area contributed by atoms with E-state index in [1.165, 1.54) is 18.2 Å². The Morgan fingerprint density at radius 3 is 2.60 bits per heavy atom. The second kappa shape index (κ2) is 3.03. The van der Waals surface area contributed by atoms with Crippen LogP contribution in [0.2, 0.25) is 5.02 Å². The second-order valence-corrected chi connectivity index (χ2v) is 2.34. The summed E-state index contributed by atoms with van der Waals surface area (Å²) in [6.45, 7) is 0. The van der Waals surface area contributed by atoms with Gasteiger partial charge in [0.05, 0.1) is 5.69 Å². The fraction of sp³-hybridized carbons (Fsp3) is 0. The van der Waals surface area contributed by atoms with Crippen molar-refractivity contribution < 1.29 is 4.39 Å². The molecule has 0 aliphatic heterocycles. The van der Waals surface area contributed by atoms with Gasteiger partial charge in [0.25, 0.3) is 0 Å². The lowest BCUT2D eigenvalue weighted by molar-refractivity contribution is 0.628. The number of benzene rings is 1. The Balaban J connectivity index is 3.18. The first-order valence-corrected chi connectivity index (χ1v) is 3.26. The molecule has 0 aromatic heterocycles. The molecule has 0 aliphatic carbocycles. The number of hydrogen-bond donors (Lipinski definition) is 0. The highest BCUT2D eigenvalue weighted by molar-refractivity contribution is 7.47. The van der Waals surface area contributed by atoms with E-state index in [9.17, 15) is 4.39 Å². The van der Waals surface area contributed by atoms with E-state index < -0.39 is 5.82 Å². The van der Waals surface area contributed by atoms with Crippen LogP contribution in [-0.4, -0.2) is 0 Å². The Morgan fingerprint density at radius 2 is 2.10 bits per heavy atom. The lowest BCUT2D eigenvalue weighted by Gasteiger charge is -1.92. The lowest BCUT2D eigenvalue weighted by atomic mass is 10.3. The van der Waals surface area contributed by atoms with Crippen LogP contribution < -0.4 is 0 Å². The summed E-state index contributed by atoms with van der Waals surface area (Å²) < 4.78 is 15.8. The number of halogens is 2. The zero-order valence-electron chi connectivity index (χ0n) is 4.84. The van der Waals surface area contributed by atoms with E-state index in [2.05, 4.69) is 16.8 Å². The first kappa shape index (κ1) is 7.57. The zero-order chi connectivity index (χ0) is 7.56. The predicted molar refractivity (Wildman–Crippen MR) is 40.9 cm³/mol. The standard InChI is InChI=1S/C6H3ClFNS/c7-4-1-5(8)3-6(2-4)9-10/h1-3H. The molecule has 0 N–H and O–H groups in total. The van der Waals surface area contributed by atoms with Crippen LogP contribution in [0.3, 0.4) is 0 Å². The molecule has 0 atom stereocenters. The van der Waals surface area contributed by atoms with Gasteiger partial charge < -0.3 is 0 Å². The first-order chi connectivity index (χ1) is 4.72. The summed E-state index contributed by atoms with van der Waals surface area (Å²) in [5.41, 5.74) is 0.375. The summed E-state index contributed by atoms with van der Waals surface area (Å²) in [4.78, 5) is 0. The largest absolute Gasteiger partial charge is 0.207 e. The van der Waals surface area contributed by atoms with Gasteiger partial charge in [-0.15, -0.1) is 0 Å². The Hall–Kier alpha value is -0.540. The molecule has 0 aliphatic rings. The van der Waals surface area contributed by atoms with E-state index >= 15 is 0 Å². The summed E-state index contributed by atoms with van der Waals surface area (Å²) in [6, 6.07) is 3.92. The van der Waals surface area contributed by atoms with Gasteiger partial charge in [-0.2, -0.15) is 4.36 Å². The topological polar surface area (TPSA) is 12.4 Å². The summed E-state index contributed by atoms with van der Waals surface area (Å²) in [7, 11) is 0. The molecule has 1 aromatic rings. The number of rotatable bonds is 1. The smallest absolute Gasteiger partial charge is 0.126 e. The predicted octanol–water partition coefficient (Wildman–Crippen LogP) is 2.84. The van der Waals surface area contributed by atoms with Crippen molar-refractivity contribution >= 4 is 29.7 Å². The number of nitrogens with zero attached hydrogens (tertiary/aromatic N) is 1. The third kappa shape index (κ3) is 1.72. The lowest BCUT2D eigenvalue weighted by Crippen LogP contribution is -1.71. The minimum absolute atomic E-state index is 0.309. The number of hydrogen-bond acceptors (Lipinski definition) is 2. The molecule has 0 saturated heterocycles. The summed E-state index contributed by atoms with van der Waals surface area (Å²) in [5, 5.41) is 0.309. The highest BCUT2D eigenvalue weighted by atomic mass is 35.5. The Kier molecular flexibility index (Phi) is 2.29. The van der Waals surface area contributed by atoms with Crippen molar-refractivity contribution in [3.63, 3.8) is 0 Å². The molecule has 1 aromatic carbocycles. The average Bonchev–Trinajstić information content (AvgIpc) is 1.85. The highest BCUT2D eigenvalue weighted by Gasteiger charge is 1.95. The van der Waals surface area contributed by atoms with Crippen molar-refractivity contribution in [2.45, 2.75) is 0 Å². The Morgan fingerprint density at radius 1 is 1.40 bits per heavy atom. The van der Waals surface area contributed by atoms with Gasteiger partial charge in [-0.25, -0.2) is 4.39 Å². The molecule has 0 unspecified atom stereocenters. The van der Waals surface area contributed by atoms with Gasteiger partial charge in [0.1, 0.15) is 5.82 Å². The minimum atomic E-state index is -0.420. The molecule has 1 rings (SSSR count). The van der Waals surface area contributed by atoms with Crippen LogP contribution in [0, 0.1) is 5.82 Å². The monoisotopic (exact) mass is 175 g/mol. The van der Waals surface area contributed by atoms with Crippen molar-refractivity contribution in [1.29, 1.82) is 0 Å². The van der Waals surface area contributed by atoms with E-state index in [0.717, 1.165) is 0 Å². The summed E-state index contributed by atoms with van der Waals surface area (Å²) >= 11 is 9.82. The summed E-state index contributed by atoms with van der Waals surface area (Å²) in [5.74, 6) is -0.420. The third-order valence-corrected chi connectivity index (χ3v) is 1.38. The second-order valence-electron chi connectivity index (χ2n) is 1.72. The quantitative estimate of drug-likeness (QED) is 0.640. The van der Waals surface area contributed by atoms with Gasteiger partial charge in [-0.05, 0) is 12.1 Å². The fourth-order valence-electron chi connectivity index (χ4n) is 0.592. The highest BCUT2D eigenvalue weighted by Crippen LogP contribution is 2.19. The van der Waals surface area contributed by atoms with Crippen molar-refractivity contribution in [2.75, 3.05) is 0 Å². The maximum absolute atomic E-state index is 12.4. The van der Waals surface area contributed by atoms with E-state index in [4.69, 9.17) is 11.6 Å². The van der Waals surface area contributed by atoms with Gasteiger partial charge in [0, 0.05) is 23.5 Å². The normalized spacial score (nSPS) is 9.40. The van der Waals surface area contributed by atoms with E-state index in [-0.39, 0.29) is 0 Å². The maximum atomic E-state index is 12.4. The van der Waals surface area contributed by atoms with Crippen molar-refractivity contribution in [2.24, 2.45) is 4.36 Å². The van der Waals surface area contributed by atoms with Crippen LogP contribution in [0.4, 0.5) is 10.1 Å². The maximum Gasteiger partial charge on any atom is 0.126 e. The van der Waals surface area contributed by atoms with Gasteiger partial charge in [0.15, 0.2) is 0 Å². The minimum Gasteiger partial charge on any atom is -0.207 e. The SMILES string of the molecule is Fc1cc(Cl)cc(N=S)c1. The molecule has 0 heterocycles. The molecule has 0 bridgehead atoms. The van der Waals surface area contributed by atoms with Gasteiger partial charge in [0.2, 0.25) is 0 Å². The average molecular weight is 176 g/mol. The molecule has 0 radical (unpaired) electrons. The third-order valence-electron chi connectivity index (χ3n) is 0.953. The Labute approximate surface area is 68.0 Å². The molecule has 0 amide bonds.